The second-order valence-corrected chi connectivity index (χ2v) is 16.0. The van der Waals surface area contributed by atoms with E-state index in [-0.39, 0.29) is 23.3 Å². The van der Waals surface area contributed by atoms with E-state index in [0.29, 0.717) is 12.8 Å². The zero-order valence-corrected chi connectivity index (χ0v) is 24.2. The quantitative estimate of drug-likeness (QED) is 0.199. The number of hydrogen-bond acceptors (Lipinski definition) is 6. The van der Waals surface area contributed by atoms with Gasteiger partial charge in [-0.15, -0.1) is 0 Å². The van der Waals surface area contributed by atoms with Crippen LogP contribution in [-0.4, -0.2) is 49.3 Å². The van der Waals surface area contributed by atoms with Crippen molar-refractivity contribution in [1.29, 1.82) is 0 Å². The smallest absolute Gasteiger partial charge is 0.308 e. The maximum absolute atomic E-state index is 12.9. The van der Waals surface area contributed by atoms with Crippen molar-refractivity contribution in [3.05, 3.63) is 21.8 Å². The highest BCUT2D eigenvalue weighted by atomic mass is 127. The van der Waals surface area contributed by atoms with Crippen LogP contribution in [0.3, 0.4) is 0 Å². The summed E-state index contributed by atoms with van der Waals surface area (Å²) >= 11 is 2.14. The molecule has 0 aromatic heterocycles. The molecule has 0 saturated carbocycles. The van der Waals surface area contributed by atoms with Crippen molar-refractivity contribution in [2.24, 2.45) is 5.92 Å². The van der Waals surface area contributed by atoms with Gasteiger partial charge in [-0.05, 0) is 60.6 Å². The van der Waals surface area contributed by atoms with Crippen molar-refractivity contribution in [2.75, 3.05) is 0 Å². The largest absolute Gasteiger partial charge is 0.457 e. The van der Waals surface area contributed by atoms with Crippen molar-refractivity contribution in [1.82, 2.24) is 0 Å². The first-order valence-electron chi connectivity index (χ1n) is 11.2. The Kier molecular flexibility index (Phi) is 10.6. The zero-order chi connectivity index (χ0) is 24.9. The van der Waals surface area contributed by atoms with Gasteiger partial charge in [-0.3, -0.25) is 9.59 Å². The second-order valence-electron chi connectivity index (χ2n) is 10.6. The lowest BCUT2D eigenvalue weighted by atomic mass is 9.89. The molecule has 0 bridgehead atoms. The van der Waals surface area contributed by atoms with Crippen molar-refractivity contribution < 1.29 is 28.6 Å². The second kappa shape index (κ2) is 11.6. The van der Waals surface area contributed by atoms with Crippen LogP contribution in [-0.2, 0) is 23.5 Å². The number of aliphatic hydroxyl groups is 1. The normalized spacial score (nSPS) is 32.3. The Hall–Kier alpha value is -0.713. The number of carbonyl (C=O) groups is 2. The number of esters is 2. The lowest BCUT2D eigenvalue weighted by molar-refractivity contribution is -0.157. The molecule has 1 aliphatic heterocycles. The topological polar surface area (TPSA) is 82.1 Å². The van der Waals surface area contributed by atoms with Crippen LogP contribution in [0.1, 0.15) is 67.7 Å². The molecule has 0 fully saturated rings. The van der Waals surface area contributed by atoms with Crippen LogP contribution >= 0.6 is 22.6 Å². The van der Waals surface area contributed by atoms with Gasteiger partial charge in [0.1, 0.15) is 17.8 Å². The molecular weight excluding hydrogens is 539 g/mol. The van der Waals surface area contributed by atoms with Crippen LogP contribution in [0.5, 0.6) is 0 Å². The van der Waals surface area contributed by atoms with Crippen molar-refractivity contribution in [3.8, 4) is 0 Å². The maximum Gasteiger partial charge on any atom is 0.308 e. The first-order valence-corrected chi connectivity index (χ1v) is 15.4. The Labute approximate surface area is 208 Å². The lowest BCUT2D eigenvalue weighted by Crippen LogP contribution is -2.46. The fourth-order valence-electron chi connectivity index (χ4n) is 3.37. The highest BCUT2D eigenvalue weighted by molar-refractivity contribution is 14.1. The van der Waals surface area contributed by atoms with E-state index >= 15 is 0 Å². The molecule has 0 amide bonds. The number of hydrogen-bond donors (Lipinski definition) is 1. The minimum absolute atomic E-state index is 0.0241. The van der Waals surface area contributed by atoms with Crippen LogP contribution < -0.4 is 0 Å². The van der Waals surface area contributed by atoms with E-state index in [1.807, 2.05) is 24.0 Å². The van der Waals surface area contributed by atoms with Gasteiger partial charge in [-0.25, -0.2) is 0 Å². The predicted octanol–water partition coefficient (Wildman–Crippen LogP) is 5.69. The molecule has 1 rings (SSSR count). The Morgan fingerprint density at radius 3 is 2.41 bits per heavy atom. The average molecular weight is 581 g/mol. The zero-order valence-electron chi connectivity index (χ0n) is 21.0. The molecule has 0 saturated heterocycles. The van der Waals surface area contributed by atoms with Gasteiger partial charge in [0, 0.05) is 12.8 Å². The number of rotatable bonds is 4. The first kappa shape index (κ1) is 29.3. The molecule has 0 aromatic rings. The molecule has 1 aliphatic rings. The van der Waals surface area contributed by atoms with E-state index in [2.05, 4.69) is 56.5 Å². The summed E-state index contributed by atoms with van der Waals surface area (Å²) in [5, 5.41) is 11.2. The highest BCUT2D eigenvalue weighted by Crippen LogP contribution is 2.39. The van der Waals surface area contributed by atoms with Gasteiger partial charge in [0.05, 0.1) is 12.5 Å². The molecule has 184 valence electrons. The van der Waals surface area contributed by atoms with Crippen molar-refractivity contribution in [2.45, 2.75) is 110 Å². The number of cyclic esters (lactones) is 1. The molecule has 5 atom stereocenters. The third-order valence-electron chi connectivity index (χ3n) is 6.49. The van der Waals surface area contributed by atoms with Gasteiger partial charge >= 0.3 is 11.9 Å². The van der Waals surface area contributed by atoms with Gasteiger partial charge in [-0.1, -0.05) is 56.4 Å². The maximum atomic E-state index is 12.9. The van der Waals surface area contributed by atoms with Gasteiger partial charge in [-0.2, -0.15) is 0 Å². The fraction of sp³-hybridized carbons (Fsp3) is 0.750. The van der Waals surface area contributed by atoms with Gasteiger partial charge < -0.3 is 19.0 Å². The van der Waals surface area contributed by atoms with E-state index in [9.17, 15) is 14.7 Å². The molecule has 0 spiro atoms. The SMILES string of the molecule is CC(=O)O[C@H]1/C=C/[C@H](C)[C@@H](/C(C)=C/I)OC(=O)C[C@H](O[Si](C)(C)C(C)(C)C)CC[C@@]1(C)O. The van der Waals surface area contributed by atoms with Crippen LogP contribution in [0.2, 0.25) is 18.1 Å². The average Bonchev–Trinajstić information content (AvgIpc) is 2.64. The van der Waals surface area contributed by atoms with Crippen LogP contribution in [0.4, 0.5) is 0 Å². The molecule has 0 radical (unpaired) electrons. The monoisotopic (exact) mass is 580 g/mol. The Bertz CT molecular complexity index is 722. The summed E-state index contributed by atoms with van der Waals surface area (Å²) in [5.41, 5.74) is -0.380. The van der Waals surface area contributed by atoms with Crippen molar-refractivity contribution >= 4 is 42.8 Å². The fourth-order valence-corrected chi connectivity index (χ4v) is 5.12. The number of halogens is 1. The highest BCUT2D eigenvalue weighted by Gasteiger charge is 2.41. The van der Waals surface area contributed by atoms with Crippen LogP contribution in [0.15, 0.2) is 21.8 Å². The summed E-state index contributed by atoms with van der Waals surface area (Å²) in [5.74, 6) is -0.939. The van der Waals surface area contributed by atoms with Gasteiger partial charge in [0.25, 0.3) is 0 Å². The van der Waals surface area contributed by atoms with E-state index in [1.165, 1.54) is 6.92 Å². The molecule has 32 heavy (non-hydrogen) atoms. The van der Waals surface area contributed by atoms with Crippen LogP contribution in [0.25, 0.3) is 0 Å². The molecule has 1 heterocycles. The van der Waals surface area contributed by atoms with Crippen molar-refractivity contribution in [3.63, 3.8) is 0 Å². The number of ether oxygens (including phenoxy) is 2. The Morgan fingerprint density at radius 1 is 1.31 bits per heavy atom. The summed E-state index contributed by atoms with van der Waals surface area (Å²) in [6.07, 6.45) is 2.77. The molecule has 1 N–H and O–H groups in total. The number of carbonyl (C=O) groups excluding carboxylic acids is 2. The van der Waals surface area contributed by atoms with Gasteiger partial charge in [0.2, 0.25) is 0 Å². The summed E-state index contributed by atoms with van der Waals surface area (Å²) < 4.78 is 19.8. The summed E-state index contributed by atoms with van der Waals surface area (Å²) in [6.45, 7) is 17.6. The Morgan fingerprint density at radius 2 is 1.91 bits per heavy atom. The predicted molar refractivity (Wildman–Crippen MR) is 138 cm³/mol. The molecule has 0 aromatic carbocycles. The minimum Gasteiger partial charge on any atom is -0.457 e. The lowest BCUT2D eigenvalue weighted by Gasteiger charge is -2.40. The van der Waals surface area contributed by atoms with Crippen LogP contribution in [0, 0.1) is 5.92 Å². The molecule has 8 heteroatoms. The molecule has 0 aliphatic carbocycles. The van der Waals surface area contributed by atoms with E-state index < -0.39 is 38.2 Å². The Balaban J connectivity index is 3.37. The summed E-state index contributed by atoms with van der Waals surface area (Å²) in [4.78, 5) is 24.6. The molecule has 0 unspecified atom stereocenters. The summed E-state index contributed by atoms with van der Waals surface area (Å²) in [7, 11) is -2.16. The van der Waals surface area contributed by atoms with Gasteiger partial charge in [0.15, 0.2) is 8.32 Å². The minimum atomic E-state index is -2.16. The first-order chi connectivity index (χ1) is 14.5. The molecule has 6 nitrogen and oxygen atoms in total. The van der Waals surface area contributed by atoms with E-state index in [1.54, 1.807) is 13.0 Å². The third kappa shape index (κ3) is 8.57. The summed E-state index contributed by atoms with van der Waals surface area (Å²) in [6, 6.07) is 0. The standard InChI is InChI=1S/C24H41IO6Si/c1-16-10-11-20(29-18(3)26)24(7,28)13-12-19(31-32(8,9)23(4,5)6)14-21(27)30-22(16)17(2)15-25/h10-11,15-16,19-20,22,28H,12-14H2,1-9H3/b11-10+,17-15+/t16-,19+,20-,22-,24+/m0/s1. The van der Waals surface area contributed by atoms with E-state index in [0.717, 1.165) is 5.57 Å². The molecular formula is C24H41IO6Si. The van der Waals surface area contributed by atoms with E-state index in [4.69, 9.17) is 13.9 Å². The third-order valence-corrected chi connectivity index (χ3v) is 12.0.